The first-order chi connectivity index (χ1) is 12.8. The van der Waals surface area contributed by atoms with Crippen molar-refractivity contribution >= 4 is 8.30 Å². The van der Waals surface area contributed by atoms with Gasteiger partial charge < -0.3 is 19.7 Å². The molecule has 1 unspecified atom stereocenters. The van der Waals surface area contributed by atoms with Crippen molar-refractivity contribution < 1.29 is 14.0 Å². The fraction of sp³-hybridized carbons (Fsp3) is 0.400. The Hall–Kier alpha value is -1.49. The highest BCUT2D eigenvalue weighted by Gasteiger charge is 2.13. The maximum Gasteiger partial charge on any atom is 0.187 e. The van der Waals surface area contributed by atoms with Gasteiger partial charge in [-0.05, 0) is 31.0 Å². The molecule has 5 nitrogen and oxygen atoms in total. The highest BCUT2D eigenvalue weighted by Crippen LogP contribution is 2.34. The van der Waals surface area contributed by atoms with Gasteiger partial charge in [0.05, 0.1) is 12.7 Å². The molecule has 2 rings (SSSR count). The minimum atomic E-state index is -0.923. The van der Waals surface area contributed by atoms with E-state index in [1.807, 2.05) is 55.5 Å². The van der Waals surface area contributed by atoms with Crippen LogP contribution in [0.25, 0.3) is 0 Å². The normalized spacial score (nSPS) is 13.3. The SMILES string of the molecule is C[C@H](CN)OCP(NCCCOCc1ccccc1)Oc1ccccc1. The molecule has 0 aromatic heterocycles. The van der Waals surface area contributed by atoms with Crippen LogP contribution in [0.3, 0.4) is 0 Å². The molecule has 0 fully saturated rings. The zero-order valence-corrected chi connectivity index (χ0v) is 16.2. The molecule has 2 aromatic carbocycles. The number of rotatable bonds is 13. The Kier molecular flexibility index (Phi) is 10.2. The Morgan fingerprint density at radius 3 is 2.42 bits per heavy atom. The third kappa shape index (κ3) is 8.75. The third-order valence-electron chi connectivity index (χ3n) is 3.63. The van der Waals surface area contributed by atoms with Gasteiger partial charge in [-0.15, -0.1) is 0 Å². The summed E-state index contributed by atoms with van der Waals surface area (Å²) in [5.74, 6) is 0.843. The fourth-order valence-corrected chi connectivity index (χ4v) is 3.50. The first-order valence-electron chi connectivity index (χ1n) is 8.95. The summed E-state index contributed by atoms with van der Waals surface area (Å²) in [4.78, 5) is 0. The van der Waals surface area contributed by atoms with Gasteiger partial charge in [-0.25, -0.2) is 0 Å². The van der Waals surface area contributed by atoms with Crippen molar-refractivity contribution in [1.29, 1.82) is 0 Å². The summed E-state index contributed by atoms with van der Waals surface area (Å²) in [5.41, 5.74) is 6.81. The van der Waals surface area contributed by atoms with Crippen LogP contribution in [0.2, 0.25) is 0 Å². The summed E-state index contributed by atoms with van der Waals surface area (Å²) in [6.45, 7) is 4.63. The van der Waals surface area contributed by atoms with Crippen LogP contribution in [-0.2, 0) is 16.1 Å². The van der Waals surface area contributed by atoms with Gasteiger partial charge >= 0.3 is 0 Å². The van der Waals surface area contributed by atoms with Gasteiger partial charge in [0.1, 0.15) is 12.1 Å². The lowest BCUT2D eigenvalue weighted by atomic mass is 10.2. The lowest BCUT2D eigenvalue weighted by Crippen LogP contribution is -2.23. The van der Waals surface area contributed by atoms with Crippen LogP contribution in [0.5, 0.6) is 5.75 Å². The van der Waals surface area contributed by atoms with Crippen molar-refractivity contribution in [3.05, 3.63) is 66.2 Å². The molecule has 0 amide bonds. The van der Waals surface area contributed by atoms with Gasteiger partial charge in [0.2, 0.25) is 0 Å². The molecule has 3 N–H and O–H groups in total. The lowest BCUT2D eigenvalue weighted by molar-refractivity contribution is 0.105. The molecule has 0 aliphatic heterocycles. The zero-order chi connectivity index (χ0) is 18.5. The lowest BCUT2D eigenvalue weighted by Gasteiger charge is -2.21. The third-order valence-corrected chi connectivity index (χ3v) is 5.02. The van der Waals surface area contributed by atoms with Gasteiger partial charge in [-0.3, -0.25) is 5.09 Å². The molecule has 0 spiro atoms. The van der Waals surface area contributed by atoms with Gasteiger partial charge in [-0.2, -0.15) is 0 Å². The largest absolute Gasteiger partial charge is 0.456 e. The Morgan fingerprint density at radius 2 is 1.73 bits per heavy atom. The summed E-state index contributed by atoms with van der Waals surface area (Å²) in [6.07, 6.45) is 1.44. The Balaban J connectivity index is 1.67. The van der Waals surface area contributed by atoms with Gasteiger partial charge in [-0.1, -0.05) is 48.5 Å². The van der Waals surface area contributed by atoms with E-state index in [1.54, 1.807) is 0 Å². The van der Waals surface area contributed by atoms with Crippen molar-refractivity contribution in [1.82, 2.24) is 5.09 Å². The van der Waals surface area contributed by atoms with E-state index in [1.165, 1.54) is 5.56 Å². The molecule has 0 heterocycles. The molecule has 0 saturated carbocycles. The molecular weight excluding hydrogens is 347 g/mol. The van der Waals surface area contributed by atoms with Crippen LogP contribution in [0, 0.1) is 0 Å². The summed E-state index contributed by atoms with van der Waals surface area (Å²) in [5, 5.41) is 3.44. The number of hydrogen-bond acceptors (Lipinski definition) is 5. The van der Waals surface area contributed by atoms with E-state index in [2.05, 4.69) is 17.2 Å². The molecule has 0 aliphatic rings. The minimum absolute atomic E-state index is 0.0235. The first-order valence-corrected chi connectivity index (χ1v) is 10.4. The monoisotopic (exact) mass is 376 g/mol. The van der Waals surface area contributed by atoms with Crippen molar-refractivity contribution in [3.8, 4) is 5.75 Å². The number of nitrogens with two attached hydrogens (primary N) is 1. The highest BCUT2D eigenvalue weighted by atomic mass is 31.2. The van der Waals surface area contributed by atoms with Crippen molar-refractivity contribution in [2.45, 2.75) is 26.1 Å². The number of hydrogen-bond donors (Lipinski definition) is 2. The Morgan fingerprint density at radius 1 is 1.04 bits per heavy atom. The van der Waals surface area contributed by atoms with Gasteiger partial charge in [0, 0.05) is 19.7 Å². The second-order valence-electron chi connectivity index (χ2n) is 5.92. The van der Waals surface area contributed by atoms with Crippen LogP contribution in [0.15, 0.2) is 60.7 Å². The van der Waals surface area contributed by atoms with Crippen molar-refractivity contribution in [3.63, 3.8) is 0 Å². The van der Waals surface area contributed by atoms with Crippen molar-refractivity contribution in [2.75, 3.05) is 26.0 Å². The quantitative estimate of drug-likeness (QED) is 0.410. The van der Waals surface area contributed by atoms with Crippen molar-refractivity contribution in [2.24, 2.45) is 5.73 Å². The summed E-state index contributed by atoms with van der Waals surface area (Å²) in [7, 11) is -0.923. The molecule has 2 atom stereocenters. The van der Waals surface area contributed by atoms with E-state index in [0.717, 1.165) is 18.7 Å². The predicted octanol–water partition coefficient (Wildman–Crippen LogP) is 3.90. The molecule has 26 heavy (non-hydrogen) atoms. The molecule has 142 valence electrons. The number of para-hydroxylation sites is 1. The molecule has 2 aromatic rings. The van der Waals surface area contributed by atoms with Crippen LogP contribution in [0.1, 0.15) is 18.9 Å². The number of nitrogens with one attached hydrogen (secondary N) is 1. The van der Waals surface area contributed by atoms with E-state index in [9.17, 15) is 0 Å². The highest BCUT2D eigenvalue weighted by molar-refractivity contribution is 7.50. The second kappa shape index (κ2) is 12.8. The molecule has 6 heteroatoms. The maximum absolute atomic E-state index is 6.03. The molecule has 0 bridgehead atoms. The predicted molar refractivity (Wildman–Crippen MR) is 107 cm³/mol. The summed E-state index contributed by atoms with van der Waals surface area (Å²) >= 11 is 0. The standard InChI is InChI=1S/C20H29N2O3P/c1-18(15-21)24-17-26(25-20-11-6-3-7-12-20)22-13-8-14-23-16-19-9-4-2-5-10-19/h2-7,9-12,18,22H,8,13-17,21H2,1H3/t18-,26?/m1/s1. The van der Waals surface area contributed by atoms with E-state index < -0.39 is 8.30 Å². The van der Waals surface area contributed by atoms with Crippen LogP contribution >= 0.6 is 8.30 Å². The van der Waals surface area contributed by atoms with Crippen LogP contribution in [0.4, 0.5) is 0 Å². The van der Waals surface area contributed by atoms with Crippen LogP contribution in [-0.4, -0.2) is 32.1 Å². The molecule has 0 aliphatic carbocycles. The molecule has 0 radical (unpaired) electrons. The Labute approximate surface area is 157 Å². The van der Waals surface area contributed by atoms with E-state index in [4.69, 9.17) is 19.7 Å². The van der Waals surface area contributed by atoms with E-state index in [-0.39, 0.29) is 6.10 Å². The van der Waals surface area contributed by atoms with Gasteiger partial charge in [0.15, 0.2) is 8.30 Å². The topological polar surface area (TPSA) is 65.7 Å². The second-order valence-corrected chi connectivity index (χ2v) is 7.44. The fourth-order valence-electron chi connectivity index (χ4n) is 2.12. The zero-order valence-electron chi connectivity index (χ0n) is 15.3. The Bertz CT molecular complexity index is 586. The van der Waals surface area contributed by atoms with E-state index in [0.29, 0.717) is 26.1 Å². The van der Waals surface area contributed by atoms with E-state index >= 15 is 0 Å². The summed E-state index contributed by atoms with van der Waals surface area (Å²) in [6, 6.07) is 20.0. The summed E-state index contributed by atoms with van der Waals surface area (Å²) < 4.78 is 17.5. The smallest absolute Gasteiger partial charge is 0.187 e. The number of benzene rings is 2. The van der Waals surface area contributed by atoms with Crippen LogP contribution < -0.4 is 15.3 Å². The average molecular weight is 376 g/mol. The first kappa shape index (κ1) is 20.8. The van der Waals surface area contributed by atoms with Gasteiger partial charge in [0.25, 0.3) is 0 Å². The number of ether oxygens (including phenoxy) is 2. The molecular formula is C20H29N2O3P. The maximum atomic E-state index is 6.03. The average Bonchev–Trinajstić information content (AvgIpc) is 2.69. The molecule has 0 saturated heterocycles. The minimum Gasteiger partial charge on any atom is -0.456 e.